The van der Waals surface area contributed by atoms with Crippen molar-refractivity contribution in [2.24, 2.45) is 0 Å². The molecule has 3 rings (SSSR count). The summed E-state index contributed by atoms with van der Waals surface area (Å²) < 4.78 is 3.37. The summed E-state index contributed by atoms with van der Waals surface area (Å²) in [6.07, 6.45) is 2.03. The Bertz CT molecular complexity index is 843. The van der Waals surface area contributed by atoms with Crippen molar-refractivity contribution in [2.45, 2.75) is 18.7 Å². The molecule has 3 aromatic rings. The van der Waals surface area contributed by atoms with E-state index in [4.69, 9.17) is 5.26 Å². The van der Waals surface area contributed by atoms with E-state index < -0.39 is 0 Å². The summed E-state index contributed by atoms with van der Waals surface area (Å²) in [7, 11) is 0. The quantitative estimate of drug-likeness (QED) is 0.683. The first-order chi connectivity index (χ1) is 10.2. The standard InChI is InChI=1S/C17H15N3S/c1-11-6-7-15(17-16(11)12(2)10-19-17)20-21-14-5-3-4-13(8-14)9-18/h3-8,10,19-20H,1-2H3. The lowest BCUT2D eigenvalue weighted by Gasteiger charge is -2.08. The molecule has 104 valence electrons. The Morgan fingerprint density at radius 2 is 2.00 bits per heavy atom. The molecule has 0 spiro atoms. The van der Waals surface area contributed by atoms with E-state index in [2.05, 4.69) is 41.8 Å². The molecule has 0 bridgehead atoms. The number of hydrogen-bond donors (Lipinski definition) is 2. The van der Waals surface area contributed by atoms with E-state index in [1.165, 1.54) is 28.5 Å². The second-order valence-electron chi connectivity index (χ2n) is 5.00. The van der Waals surface area contributed by atoms with E-state index >= 15 is 0 Å². The number of aryl methyl sites for hydroxylation is 2. The molecular formula is C17H15N3S. The van der Waals surface area contributed by atoms with E-state index in [-0.39, 0.29) is 0 Å². The maximum absolute atomic E-state index is 8.94. The van der Waals surface area contributed by atoms with Crippen molar-refractivity contribution >= 4 is 28.5 Å². The number of H-pyrrole nitrogens is 1. The summed E-state index contributed by atoms with van der Waals surface area (Å²) in [5.74, 6) is 0. The fourth-order valence-electron chi connectivity index (χ4n) is 2.45. The second-order valence-corrected chi connectivity index (χ2v) is 5.88. The van der Waals surface area contributed by atoms with Crippen molar-refractivity contribution in [2.75, 3.05) is 4.72 Å². The number of nitrogens with zero attached hydrogens (tertiary/aromatic N) is 1. The number of aromatic amines is 1. The molecule has 0 aliphatic heterocycles. The fourth-order valence-corrected chi connectivity index (χ4v) is 3.18. The molecule has 0 unspecified atom stereocenters. The van der Waals surface area contributed by atoms with Gasteiger partial charge in [-0.3, -0.25) is 0 Å². The molecule has 0 aliphatic rings. The van der Waals surface area contributed by atoms with Crippen molar-refractivity contribution in [3.8, 4) is 6.07 Å². The summed E-state index contributed by atoms with van der Waals surface area (Å²) >= 11 is 1.51. The predicted octanol–water partition coefficient (Wildman–Crippen LogP) is 4.78. The fraction of sp³-hybridized carbons (Fsp3) is 0.118. The first kappa shape index (κ1) is 13.6. The van der Waals surface area contributed by atoms with Crippen LogP contribution >= 0.6 is 11.9 Å². The smallest absolute Gasteiger partial charge is 0.0992 e. The molecule has 0 aliphatic carbocycles. The molecule has 0 radical (unpaired) electrons. The van der Waals surface area contributed by atoms with Crippen molar-refractivity contribution in [1.82, 2.24) is 4.98 Å². The average molecular weight is 293 g/mol. The summed E-state index contributed by atoms with van der Waals surface area (Å²) in [6.45, 7) is 4.23. The Labute approximate surface area is 128 Å². The Morgan fingerprint density at radius 3 is 2.81 bits per heavy atom. The molecule has 0 saturated heterocycles. The molecule has 0 atom stereocenters. The normalized spacial score (nSPS) is 10.5. The van der Waals surface area contributed by atoms with Crippen LogP contribution in [0.15, 0.2) is 47.5 Å². The number of nitriles is 1. The highest BCUT2D eigenvalue weighted by molar-refractivity contribution is 8.00. The molecule has 21 heavy (non-hydrogen) atoms. The van der Waals surface area contributed by atoms with Crippen LogP contribution in [0, 0.1) is 25.2 Å². The molecule has 0 amide bonds. The second kappa shape index (κ2) is 5.55. The maximum atomic E-state index is 8.94. The number of rotatable bonds is 3. The minimum atomic E-state index is 0.673. The van der Waals surface area contributed by atoms with Crippen LogP contribution < -0.4 is 4.72 Å². The Morgan fingerprint density at radius 1 is 1.14 bits per heavy atom. The summed E-state index contributed by atoms with van der Waals surface area (Å²) in [6, 6.07) is 13.9. The monoisotopic (exact) mass is 293 g/mol. The average Bonchev–Trinajstić information content (AvgIpc) is 2.90. The molecule has 4 heteroatoms. The van der Waals surface area contributed by atoms with Gasteiger partial charge in [0.05, 0.1) is 22.8 Å². The highest BCUT2D eigenvalue weighted by atomic mass is 32.2. The van der Waals surface area contributed by atoms with Gasteiger partial charge in [0.25, 0.3) is 0 Å². The van der Waals surface area contributed by atoms with Gasteiger partial charge in [-0.25, -0.2) is 0 Å². The third kappa shape index (κ3) is 2.61. The van der Waals surface area contributed by atoms with Crippen LogP contribution in [0.3, 0.4) is 0 Å². The third-order valence-corrected chi connectivity index (χ3v) is 4.29. The zero-order valence-electron chi connectivity index (χ0n) is 11.9. The van der Waals surface area contributed by atoms with E-state index in [0.717, 1.165) is 16.1 Å². The first-order valence-corrected chi connectivity index (χ1v) is 7.51. The van der Waals surface area contributed by atoms with E-state index in [1.807, 2.05) is 30.5 Å². The lowest BCUT2D eigenvalue weighted by atomic mass is 10.1. The van der Waals surface area contributed by atoms with E-state index in [9.17, 15) is 0 Å². The van der Waals surface area contributed by atoms with Crippen molar-refractivity contribution in [3.05, 3.63) is 59.3 Å². The van der Waals surface area contributed by atoms with Crippen molar-refractivity contribution in [3.63, 3.8) is 0 Å². The lowest BCUT2D eigenvalue weighted by molar-refractivity contribution is 1.40. The van der Waals surface area contributed by atoms with Gasteiger partial charge in [-0.05, 0) is 61.2 Å². The van der Waals surface area contributed by atoms with Crippen LogP contribution in [0.1, 0.15) is 16.7 Å². The Balaban J connectivity index is 1.89. The molecule has 2 N–H and O–H groups in total. The van der Waals surface area contributed by atoms with Gasteiger partial charge in [-0.1, -0.05) is 12.1 Å². The van der Waals surface area contributed by atoms with Gasteiger partial charge >= 0.3 is 0 Å². The van der Waals surface area contributed by atoms with Crippen LogP contribution in [-0.2, 0) is 0 Å². The van der Waals surface area contributed by atoms with Crippen LogP contribution in [0.4, 0.5) is 5.69 Å². The Hall–Kier alpha value is -2.38. The van der Waals surface area contributed by atoms with Crippen LogP contribution in [0.25, 0.3) is 10.9 Å². The molecule has 0 saturated carbocycles. The maximum Gasteiger partial charge on any atom is 0.0992 e. The molecular weight excluding hydrogens is 278 g/mol. The van der Waals surface area contributed by atoms with Gasteiger partial charge in [-0.15, -0.1) is 0 Å². The number of hydrogen-bond acceptors (Lipinski definition) is 3. The number of anilines is 1. The van der Waals surface area contributed by atoms with Gasteiger partial charge in [-0.2, -0.15) is 5.26 Å². The van der Waals surface area contributed by atoms with Gasteiger partial charge in [0.15, 0.2) is 0 Å². The molecule has 3 nitrogen and oxygen atoms in total. The van der Waals surface area contributed by atoms with E-state index in [0.29, 0.717) is 5.56 Å². The number of benzene rings is 2. The van der Waals surface area contributed by atoms with Crippen LogP contribution in [0.5, 0.6) is 0 Å². The highest BCUT2D eigenvalue weighted by Crippen LogP contribution is 2.31. The van der Waals surface area contributed by atoms with Crippen LogP contribution in [0.2, 0.25) is 0 Å². The molecule has 1 aromatic heterocycles. The largest absolute Gasteiger partial charge is 0.359 e. The summed E-state index contributed by atoms with van der Waals surface area (Å²) in [4.78, 5) is 4.35. The topological polar surface area (TPSA) is 51.6 Å². The van der Waals surface area contributed by atoms with Crippen molar-refractivity contribution in [1.29, 1.82) is 5.26 Å². The predicted molar refractivity (Wildman–Crippen MR) is 88.4 cm³/mol. The van der Waals surface area contributed by atoms with Gasteiger partial charge in [0.2, 0.25) is 0 Å². The SMILES string of the molecule is Cc1ccc(NSc2cccc(C#N)c2)c2[nH]cc(C)c12. The van der Waals surface area contributed by atoms with Crippen molar-refractivity contribution < 1.29 is 0 Å². The minimum Gasteiger partial charge on any atom is -0.359 e. The third-order valence-electron chi connectivity index (χ3n) is 3.48. The summed E-state index contributed by atoms with van der Waals surface area (Å²) in [5, 5.41) is 10.2. The summed E-state index contributed by atoms with van der Waals surface area (Å²) in [5.41, 5.74) is 5.37. The number of nitrogens with one attached hydrogen (secondary N) is 2. The van der Waals surface area contributed by atoms with Gasteiger partial charge < -0.3 is 9.71 Å². The minimum absolute atomic E-state index is 0.673. The molecule has 1 heterocycles. The molecule has 0 fully saturated rings. The molecule has 2 aromatic carbocycles. The Kier molecular flexibility index (Phi) is 3.59. The van der Waals surface area contributed by atoms with E-state index in [1.54, 1.807) is 0 Å². The number of aromatic nitrogens is 1. The first-order valence-electron chi connectivity index (χ1n) is 6.69. The number of fused-ring (bicyclic) bond motifs is 1. The van der Waals surface area contributed by atoms with Crippen LogP contribution in [-0.4, -0.2) is 4.98 Å². The van der Waals surface area contributed by atoms with Gasteiger partial charge in [0, 0.05) is 16.5 Å². The van der Waals surface area contributed by atoms with Gasteiger partial charge in [0.1, 0.15) is 0 Å². The highest BCUT2D eigenvalue weighted by Gasteiger charge is 2.08. The lowest BCUT2D eigenvalue weighted by Crippen LogP contribution is -1.90. The zero-order chi connectivity index (χ0) is 14.8. The zero-order valence-corrected chi connectivity index (χ0v) is 12.7.